The number of carbonyl (C=O) groups is 1. The molecule has 0 aliphatic carbocycles. The molecule has 0 saturated heterocycles. The number of aryl methyl sites for hydroxylation is 1. The van der Waals surface area contributed by atoms with Gasteiger partial charge in [-0.1, -0.05) is 37.7 Å². The van der Waals surface area contributed by atoms with E-state index in [4.69, 9.17) is 12.2 Å². The summed E-state index contributed by atoms with van der Waals surface area (Å²) in [6.45, 7) is 2.16. The van der Waals surface area contributed by atoms with E-state index in [-0.39, 0.29) is 0 Å². The molecule has 0 unspecified atom stereocenters. The zero-order chi connectivity index (χ0) is 10.4. The van der Waals surface area contributed by atoms with Crippen molar-refractivity contribution in [2.24, 2.45) is 0 Å². The second-order valence-electron chi connectivity index (χ2n) is 3.30. The Kier molecular flexibility index (Phi) is 4.47. The van der Waals surface area contributed by atoms with E-state index in [0.717, 1.165) is 24.7 Å². The Morgan fingerprint density at radius 2 is 2.14 bits per heavy atom. The molecule has 74 valence electrons. The van der Waals surface area contributed by atoms with Gasteiger partial charge in [-0.2, -0.15) is 0 Å². The van der Waals surface area contributed by atoms with Crippen LogP contribution in [-0.2, 0) is 6.42 Å². The molecular weight excluding hydrogens is 192 g/mol. The van der Waals surface area contributed by atoms with E-state index in [1.54, 1.807) is 5.37 Å². The second kappa shape index (κ2) is 5.66. The van der Waals surface area contributed by atoms with E-state index in [9.17, 15) is 4.79 Å². The lowest BCUT2D eigenvalue weighted by molar-refractivity contribution is 0.112. The highest BCUT2D eigenvalue weighted by molar-refractivity contribution is 7.79. The Bertz CT molecular complexity index is 331. The third-order valence-corrected chi connectivity index (χ3v) is 2.48. The third-order valence-electron chi connectivity index (χ3n) is 2.22. The molecule has 0 aromatic heterocycles. The molecule has 1 rings (SSSR count). The molecule has 0 bridgehead atoms. The van der Waals surface area contributed by atoms with Gasteiger partial charge in [-0.25, -0.2) is 0 Å². The number of rotatable bonds is 5. The summed E-state index contributed by atoms with van der Waals surface area (Å²) >= 11 is 4.82. The van der Waals surface area contributed by atoms with Crippen LogP contribution in [0.4, 0.5) is 0 Å². The van der Waals surface area contributed by atoms with Gasteiger partial charge in [-0.05, 0) is 30.0 Å². The summed E-state index contributed by atoms with van der Waals surface area (Å²) in [5, 5.41) is 1.55. The Balaban J connectivity index is 2.89. The summed E-state index contributed by atoms with van der Waals surface area (Å²) in [5.41, 5.74) is 2.76. The van der Waals surface area contributed by atoms with Gasteiger partial charge in [0.25, 0.3) is 0 Å². The standard InChI is InChI=1S/C12H14OS/c1-2-3-4-10-5-6-11(9-14)12(7-10)8-13/h5-9H,2-4H2,1H3. The minimum atomic E-state index is 0.702. The van der Waals surface area contributed by atoms with Gasteiger partial charge in [0.1, 0.15) is 0 Å². The maximum absolute atomic E-state index is 10.7. The molecule has 2 heteroatoms. The molecule has 0 atom stereocenters. The van der Waals surface area contributed by atoms with E-state index < -0.39 is 0 Å². The van der Waals surface area contributed by atoms with E-state index in [2.05, 4.69) is 6.92 Å². The molecule has 0 aliphatic heterocycles. The molecule has 0 aliphatic rings. The van der Waals surface area contributed by atoms with Crippen molar-refractivity contribution in [3.8, 4) is 0 Å². The predicted octanol–water partition coefficient (Wildman–Crippen LogP) is 3.19. The van der Waals surface area contributed by atoms with Gasteiger partial charge < -0.3 is 0 Å². The van der Waals surface area contributed by atoms with Gasteiger partial charge >= 0.3 is 0 Å². The molecule has 0 fully saturated rings. The fourth-order valence-electron chi connectivity index (χ4n) is 1.37. The molecular formula is C12H14OS. The first-order valence-corrected chi connectivity index (χ1v) is 5.32. The fraction of sp³-hybridized carbons (Fsp3) is 0.333. The molecule has 0 heterocycles. The van der Waals surface area contributed by atoms with Crippen molar-refractivity contribution in [2.75, 3.05) is 0 Å². The van der Waals surface area contributed by atoms with Crippen LogP contribution >= 0.6 is 12.2 Å². The van der Waals surface area contributed by atoms with Gasteiger partial charge in [-0.15, -0.1) is 0 Å². The van der Waals surface area contributed by atoms with E-state index in [0.29, 0.717) is 5.56 Å². The van der Waals surface area contributed by atoms with Crippen LogP contribution in [0.5, 0.6) is 0 Å². The molecule has 1 nitrogen and oxygen atoms in total. The Morgan fingerprint density at radius 3 is 2.71 bits per heavy atom. The normalized spacial score (nSPS) is 9.79. The number of thiocarbonyl (C=S) groups is 1. The molecule has 0 amide bonds. The number of unbranched alkanes of at least 4 members (excludes halogenated alkanes) is 1. The monoisotopic (exact) mass is 206 g/mol. The van der Waals surface area contributed by atoms with Crippen molar-refractivity contribution in [1.29, 1.82) is 0 Å². The van der Waals surface area contributed by atoms with Gasteiger partial charge in [0.15, 0.2) is 6.29 Å². The summed E-state index contributed by atoms with van der Waals surface area (Å²) in [5.74, 6) is 0. The van der Waals surface area contributed by atoms with Gasteiger partial charge in [0.05, 0.1) is 0 Å². The van der Waals surface area contributed by atoms with Crippen LogP contribution < -0.4 is 0 Å². The van der Waals surface area contributed by atoms with Crippen LogP contribution in [-0.4, -0.2) is 11.7 Å². The fourth-order valence-corrected chi connectivity index (χ4v) is 1.58. The second-order valence-corrected chi connectivity index (χ2v) is 3.54. The average molecular weight is 206 g/mol. The van der Waals surface area contributed by atoms with Crippen molar-refractivity contribution in [2.45, 2.75) is 26.2 Å². The number of hydrogen-bond donors (Lipinski definition) is 0. The average Bonchev–Trinajstić information content (AvgIpc) is 2.25. The summed E-state index contributed by atoms with van der Waals surface area (Å²) in [7, 11) is 0. The highest BCUT2D eigenvalue weighted by atomic mass is 32.1. The van der Waals surface area contributed by atoms with Gasteiger partial charge in [0.2, 0.25) is 0 Å². The molecule has 1 aromatic carbocycles. The van der Waals surface area contributed by atoms with Gasteiger partial charge in [0, 0.05) is 10.9 Å². The minimum absolute atomic E-state index is 0.702. The smallest absolute Gasteiger partial charge is 0.150 e. The van der Waals surface area contributed by atoms with E-state index >= 15 is 0 Å². The topological polar surface area (TPSA) is 17.1 Å². The SMILES string of the molecule is CCCCc1ccc(C=S)c(C=O)c1. The minimum Gasteiger partial charge on any atom is -0.298 e. The van der Waals surface area contributed by atoms with Crippen molar-refractivity contribution in [3.05, 3.63) is 34.9 Å². The first-order chi connectivity index (χ1) is 6.81. The summed E-state index contributed by atoms with van der Waals surface area (Å²) in [6.07, 6.45) is 4.24. The molecule has 0 saturated carbocycles. The largest absolute Gasteiger partial charge is 0.298 e. The van der Waals surface area contributed by atoms with Crippen molar-refractivity contribution in [3.63, 3.8) is 0 Å². The Hall–Kier alpha value is -1.02. The van der Waals surface area contributed by atoms with Crippen LogP contribution in [0, 0.1) is 0 Å². The maximum Gasteiger partial charge on any atom is 0.150 e. The summed E-state index contributed by atoms with van der Waals surface area (Å²) < 4.78 is 0. The molecule has 14 heavy (non-hydrogen) atoms. The van der Waals surface area contributed by atoms with Crippen LogP contribution in [0.3, 0.4) is 0 Å². The Labute approximate surface area is 90.1 Å². The summed E-state index contributed by atoms with van der Waals surface area (Å²) in [6, 6.07) is 5.89. The number of carbonyl (C=O) groups excluding carboxylic acids is 1. The first-order valence-electron chi connectivity index (χ1n) is 4.85. The lowest BCUT2D eigenvalue weighted by Gasteiger charge is -2.03. The highest BCUT2D eigenvalue weighted by Gasteiger charge is 2.00. The predicted molar refractivity (Wildman–Crippen MR) is 63.2 cm³/mol. The van der Waals surface area contributed by atoms with Crippen molar-refractivity contribution >= 4 is 23.9 Å². The zero-order valence-electron chi connectivity index (χ0n) is 8.32. The Morgan fingerprint density at radius 1 is 1.36 bits per heavy atom. The molecule has 0 N–H and O–H groups in total. The first kappa shape index (κ1) is 11.1. The van der Waals surface area contributed by atoms with Crippen LogP contribution in [0.2, 0.25) is 0 Å². The van der Waals surface area contributed by atoms with Crippen molar-refractivity contribution < 1.29 is 4.79 Å². The third kappa shape index (κ3) is 2.74. The van der Waals surface area contributed by atoms with Crippen LogP contribution in [0.25, 0.3) is 0 Å². The lowest BCUT2D eigenvalue weighted by Crippen LogP contribution is -1.93. The van der Waals surface area contributed by atoms with Crippen LogP contribution in [0.1, 0.15) is 41.3 Å². The highest BCUT2D eigenvalue weighted by Crippen LogP contribution is 2.11. The number of benzene rings is 1. The van der Waals surface area contributed by atoms with Crippen molar-refractivity contribution in [1.82, 2.24) is 0 Å². The summed E-state index contributed by atoms with van der Waals surface area (Å²) in [4.78, 5) is 10.7. The number of aldehydes is 1. The molecule has 0 radical (unpaired) electrons. The molecule has 1 aromatic rings. The lowest BCUT2D eigenvalue weighted by atomic mass is 10.0. The number of hydrogen-bond acceptors (Lipinski definition) is 2. The maximum atomic E-state index is 10.7. The molecule has 0 spiro atoms. The van der Waals surface area contributed by atoms with Gasteiger partial charge in [-0.3, -0.25) is 4.79 Å². The zero-order valence-corrected chi connectivity index (χ0v) is 9.14. The van der Waals surface area contributed by atoms with Crippen LogP contribution in [0.15, 0.2) is 18.2 Å². The van der Waals surface area contributed by atoms with E-state index in [1.165, 1.54) is 12.0 Å². The quantitative estimate of drug-likeness (QED) is 0.543. The van der Waals surface area contributed by atoms with E-state index in [1.807, 2.05) is 18.2 Å².